The molecule has 0 unspecified atom stereocenters. The third kappa shape index (κ3) is 4.16. The van der Waals surface area contributed by atoms with E-state index in [9.17, 15) is 4.79 Å². The van der Waals surface area contributed by atoms with E-state index in [1.165, 1.54) is 12.0 Å². The van der Waals surface area contributed by atoms with Crippen molar-refractivity contribution in [3.8, 4) is 11.5 Å². The predicted molar refractivity (Wildman–Crippen MR) is 86.9 cm³/mol. The molecule has 3 rings (SSSR count). The molecule has 0 saturated heterocycles. The second-order valence-electron chi connectivity index (χ2n) is 4.94. The lowest BCUT2D eigenvalue weighted by molar-refractivity contribution is 0.252. The standard InChI is InChI=1S/C17H16N4O2/c22-17(18-10-9-13-5-2-1-3-6-13)20-15-8-4-7-14(11-15)16-21-19-12-23-16/h1-8,11-12H,9-10H2,(H2,18,20,22). The van der Waals surface area contributed by atoms with Gasteiger partial charge in [-0.2, -0.15) is 0 Å². The number of nitrogens with one attached hydrogen (secondary N) is 2. The van der Waals surface area contributed by atoms with Crippen LogP contribution in [-0.2, 0) is 6.42 Å². The van der Waals surface area contributed by atoms with Crippen molar-refractivity contribution in [1.82, 2.24) is 15.5 Å². The summed E-state index contributed by atoms with van der Waals surface area (Å²) in [4.78, 5) is 11.9. The summed E-state index contributed by atoms with van der Waals surface area (Å²) in [6.45, 7) is 0.569. The van der Waals surface area contributed by atoms with Gasteiger partial charge < -0.3 is 15.1 Å². The van der Waals surface area contributed by atoms with Crippen LogP contribution < -0.4 is 10.6 Å². The Labute approximate surface area is 133 Å². The molecule has 2 amide bonds. The van der Waals surface area contributed by atoms with Gasteiger partial charge in [0.25, 0.3) is 0 Å². The monoisotopic (exact) mass is 308 g/mol. The number of aromatic nitrogens is 2. The lowest BCUT2D eigenvalue weighted by Crippen LogP contribution is -2.30. The fourth-order valence-electron chi connectivity index (χ4n) is 2.17. The number of hydrogen-bond donors (Lipinski definition) is 2. The van der Waals surface area contributed by atoms with Crippen LogP contribution in [0.2, 0.25) is 0 Å². The third-order valence-electron chi connectivity index (χ3n) is 3.27. The molecule has 0 spiro atoms. The van der Waals surface area contributed by atoms with Gasteiger partial charge in [-0.05, 0) is 30.2 Å². The van der Waals surface area contributed by atoms with Crippen LogP contribution in [0.1, 0.15) is 5.56 Å². The van der Waals surface area contributed by atoms with Crippen molar-refractivity contribution in [1.29, 1.82) is 0 Å². The highest BCUT2D eigenvalue weighted by atomic mass is 16.4. The topological polar surface area (TPSA) is 80.0 Å². The Balaban J connectivity index is 1.53. The Hall–Kier alpha value is -3.15. The minimum absolute atomic E-state index is 0.247. The second-order valence-corrected chi connectivity index (χ2v) is 4.94. The average Bonchev–Trinajstić information content (AvgIpc) is 3.11. The van der Waals surface area contributed by atoms with Crippen LogP contribution >= 0.6 is 0 Å². The van der Waals surface area contributed by atoms with E-state index in [2.05, 4.69) is 20.8 Å². The Morgan fingerprint density at radius 1 is 1.09 bits per heavy atom. The van der Waals surface area contributed by atoms with Crippen LogP contribution in [0.3, 0.4) is 0 Å². The summed E-state index contributed by atoms with van der Waals surface area (Å²) in [6.07, 6.45) is 2.06. The summed E-state index contributed by atoms with van der Waals surface area (Å²) < 4.78 is 5.14. The van der Waals surface area contributed by atoms with Gasteiger partial charge in [0.05, 0.1) is 0 Å². The van der Waals surface area contributed by atoms with Crippen LogP contribution in [0, 0.1) is 0 Å². The number of amides is 2. The molecule has 23 heavy (non-hydrogen) atoms. The maximum Gasteiger partial charge on any atom is 0.319 e. The summed E-state index contributed by atoms with van der Waals surface area (Å²) in [7, 11) is 0. The average molecular weight is 308 g/mol. The van der Waals surface area contributed by atoms with Gasteiger partial charge in [0.1, 0.15) is 0 Å². The first-order valence-corrected chi connectivity index (χ1v) is 7.26. The fraction of sp³-hybridized carbons (Fsp3) is 0.118. The van der Waals surface area contributed by atoms with Gasteiger partial charge in [-0.25, -0.2) is 4.79 Å². The van der Waals surface area contributed by atoms with E-state index in [1.807, 2.05) is 42.5 Å². The molecular formula is C17H16N4O2. The van der Waals surface area contributed by atoms with Crippen LogP contribution in [-0.4, -0.2) is 22.8 Å². The molecule has 2 N–H and O–H groups in total. The lowest BCUT2D eigenvalue weighted by atomic mass is 10.1. The zero-order valence-electron chi connectivity index (χ0n) is 12.4. The number of carbonyl (C=O) groups is 1. The van der Waals surface area contributed by atoms with E-state index >= 15 is 0 Å². The Morgan fingerprint density at radius 3 is 2.74 bits per heavy atom. The minimum atomic E-state index is -0.247. The van der Waals surface area contributed by atoms with Gasteiger partial charge in [-0.3, -0.25) is 0 Å². The largest absolute Gasteiger partial charge is 0.423 e. The summed E-state index contributed by atoms with van der Waals surface area (Å²) in [5.41, 5.74) is 2.61. The van der Waals surface area contributed by atoms with Crippen molar-refractivity contribution < 1.29 is 9.21 Å². The van der Waals surface area contributed by atoms with E-state index in [1.54, 1.807) is 12.1 Å². The molecule has 0 aliphatic heterocycles. The molecule has 0 aliphatic rings. The van der Waals surface area contributed by atoms with E-state index in [-0.39, 0.29) is 6.03 Å². The summed E-state index contributed by atoms with van der Waals surface area (Å²) in [6, 6.07) is 17.0. The molecule has 2 aromatic carbocycles. The maximum absolute atomic E-state index is 11.9. The molecule has 3 aromatic rings. The van der Waals surface area contributed by atoms with Crippen molar-refractivity contribution in [2.24, 2.45) is 0 Å². The molecule has 0 fully saturated rings. The number of benzene rings is 2. The zero-order chi connectivity index (χ0) is 15.9. The van der Waals surface area contributed by atoms with E-state index in [0.717, 1.165) is 12.0 Å². The highest BCUT2D eigenvalue weighted by Gasteiger charge is 2.06. The molecule has 0 atom stereocenters. The number of nitrogens with zero attached hydrogens (tertiary/aromatic N) is 2. The van der Waals surface area contributed by atoms with Gasteiger partial charge in [0, 0.05) is 17.8 Å². The molecule has 6 heteroatoms. The van der Waals surface area contributed by atoms with Gasteiger partial charge in [-0.1, -0.05) is 36.4 Å². The van der Waals surface area contributed by atoms with Crippen molar-refractivity contribution in [3.05, 3.63) is 66.6 Å². The first kappa shape index (κ1) is 14.8. The predicted octanol–water partition coefficient (Wildman–Crippen LogP) is 3.10. The summed E-state index contributed by atoms with van der Waals surface area (Å²) in [5, 5.41) is 13.1. The second kappa shape index (κ2) is 7.22. The molecular weight excluding hydrogens is 292 g/mol. The first-order valence-electron chi connectivity index (χ1n) is 7.26. The molecule has 0 bridgehead atoms. The van der Waals surface area contributed by atoms with Gasteiger partial charge in [0.15, 0.2) is 0 Å². The third-order valence-corrected chi connectivity index (χ3v) is 3.27. The molecule has 1 heterocycles. The fourth-order valence-corrected chi connectivity index (χ4v) is 2.17. The van der Waals surface area contributed by atoms with Gasteiger partial charge >= 0.3 is 6.03 Å². The normalized spacial score (nSPS) is 10.3. The van der Waals surface area contributed by atoms with Crippen molar-refractivity contribution >= 4 is 11.7 Å². The van der Waals surface area contributed by atoms with E-state index in [4.69, 9.17) is 4.42 Å². The minimum Gasteiger partial charge on any atom is -0.423 e. The first-order chi connectivity index (χ1) is 11.3. The Kier molecular flexibility index (Phi) is 4.63. The van der Waals surface area contributed by atoms with Crippen LogP contribution in [0.5, 0.6) is 0 Å². The number of hydrogen-bond acceptors (Lipinski definition) is 4. The van der Waals surface area contributed by atoms with Crippen LogP contribution in [0.25, 0.3) is 11.5 Å². The summed E-state index contributed by atoms with van der Waals surface area (Å²) in [5.74, 6) is 0.415. The maximum atomic E-state index is 11.9. The molecule has 0 saturated carbocycles. The quantitative estimate of drug-likeness (QED) is 0.759. The highest BCUT2D eigenvalue weighted by Crippen LogP contribution is 2.20. The van der Waals surface area contributed by atoms with E-state index < -0.39 is 0 Å². The Morgan fingerprint density at radius 2 is 1.96 bits per heavy atom. The highest BCUT2D eigenvalue weighted by molar-refractivity contribution is 5.89. The Bertz CT molecular complexity index is 757. The number of anilines is 1. The summed E-state index contributed by atoms with van der Waals surface area (Å²) >= 11 is 0. The number of carbonyl (C=O) groups excluding carboxylic acids is 1. The molecule has 116 valence electrons. The SMILES string of the molecule is O=C(NCCc1ccccc1)Nc1cccc(-c2nnco2)c1. The molecule has 6 nitrogen and oxygen atoms in total. The van der Waals surface area contributed by atoms with Crippen molar-refractivity contribution in [2.75, 3.05) is 11.9 Å². The number of urea groups is 1. The van der Waals surface area contributed by atoms with Gasteiger partial charge in [-0.15, -0.1) is 10.2 Å². The lowest BCUT2D eigenvalue weighted by Gasteiger charge is -2.08. The molecule has 1 aromatic heterocycles. The number of rotatable bonds is 5. The van der Waals surface area contributed by atoms with Gasteiger partial charge in [0.2, 0.25) is 12.3 Å². The molecule has 0 aliphatic carbocycles. The smallest absolute Gasteiger partial charge is 0.319 e. The molecule has 0 radical (unpaired) electrons. The van der Waals surface area contributed by atoms with Crippen molar-refractivity contribution in [2.45, 2.75) is 6.42 Å². The zero-order valence-corrected chi connectivity index (χ0v) is 12.4. The van der Waals surface area contributed by atoms with Crippen LogP contribution in [0.15, 0.2) is 65.4 Å². The van der Waals surface area contributed by atoms with Crippen LogP contribution in [0.4, 0.5) is 10.5 Å². The van der Waals surface area contributed by atoms with E-state index in [0.29, 0.717) is 18.1 Å². The van der Waals surface area contributed by atoms with Crippen molar-refractivity contribution in [3.63, 3.8) is 0 Å².